The van der Waals surface area contributed by atoms with Crippen molar-refractivity contribution in [1.82, 2.24) is 5.32 Å². The van der Waals surface area contributed by atoms with Crippen LogP contribution in [0.4, 0.5) is 0 Å². The molecule has 4 nitrogen and oxygen atoms in total. The third-order valence-corrected chi connectivity index (χ3v) is 4.13. The van der Waals surface area contributed by atoms with Crippen molar-refractivity contribution in [2.24, 2.45) is 5.92 Å². The van der Waals surface area contributed by atoms with Gasteiger partial charge in [0.1, 0.15) is 5.75 Å². The van der Waals surface area contributed by atoms with Gasteiger partial charge >= 0.3 is 0 Å². The van der Waals surface area contributed by atoms with E-state index in [1.54, 1.807) is 6.08 Å². The summed E-state index contributed by atoms with van der Waals surface area (Å²) in [6.45, 7) is 4.25. The Balaban J connectivity index is 1.79. The largest absolute Gasteiger partial charge is 0.491 e. The Bertz CT molecular complexity index is 514. The molecule has 0 bridgehead atoms. The van der Waals surface area contributed by atoms with E-state index in [1.165, 1.54) is 0 Å². The lowest BCUT2D eigenvalue weighted by Gasteiger charge is -2.27. The second-order valence-electron chi connectivity index (χ2n) is 6.48. The van der Waals surface area contributed by atoms with Gasteiger partial charge in [-0.05, 0) is 69.2 Å². The van der Waals surface area contributed by atoms with E-state index in [0.717, 1.165) is 37.0 Å². The molecule has 0 unspecified atom stereocenters. The molecule has 0 saturated heterocycles. The zero-order chi connectivity index (χ0) is 16.7. The van der Waals surface area contributed by atoms with Gasteiger partial charge in [-0.15, -0.1) is 0 Å². The van der Waals surface area contributed by atoms with Gasteiger partial charge in [-0.3, -0.25) is 4.79 Å². The van der Waals surface area contributed by atoms with Gasteiger partial charge in [0.25, 0.3) is 0 Å². The third kappa shape index (κ3) is 6.06. The fourth-order valence-corrected chi connectivity index (χ4v) is 2.84. The summed E-state index contributed by atoms with van der Waals surface area (Å²) in [4.78, 5) is 12.0. The van der Waals surface area contributed by atoms with Crippen molar-refractivity contribution < 1.29 is 14.6 Å². The Morgan fingerprint density at radius 3 is 2.48 bits per heavy atom. The van der Waals surface area contributed by atoms with Crippen LogP contribution in [0.2, 0.25) is 0 Å². The maximum absolute atomic E-state index is 12.0. The van der Waals surface area contributed by atoms with Crippen molar-refractivity contribution >= 4 is 12.0 Å². The van der Waals surface area contributed by atoms with E-state index in [-0.39, 0.29) is 24.7 Å². The van der Waals surface area contributed by atoms with Crippen LogP contribution in [0.25, 0.3) is 6.08 Å². The first-order valence-corrected chi connectivity index (χ1v) is 8.43. The predicted octanol–water partition coefficient (Wildman–Crippen LogP) is 3.15. The van der Waals surface area contributed by atoms with Crippen molar-refractivity contribution in [1.29, 1.82) is 0 Å². The van der Waals surface area contributed by atoms with Crippen molar-refractivity contribution in [2.75, 3.05) is 6.61 Å². The summed E-state index contributed by atoms with van der Waals surface area (Å²) in [6.07, 6.45) is 7.43. The highest BCUT2D eigenvalue weighted by atomic mass is 16.5. The van der Waals surface area contributed by atoms with Crippen LogP contribution in [0.3, 0.4) is 0 Å². The Labute approximate surface area is 138 Å². The van der Waals surface area contributed by atoms with Gasteiger partial charge in [-0.25, -0.2) is 0 Å². The SMILES string of the molecule is CC(C)Oc1ccc(/C=C/C(=O)NC2CCC(CO)CC2)cc1. The highest BCUT2D eigenvalue weighted by Gasteiger charge is 2.21. The van der Waals surface area contributed by atoms with Crippen LogP contribution in [0.15, 0.2) is 30.3 Å². The molecule has 1 saturated carbocycles. The maximum Gasteiger partial charge on any atom is 0.244 e. The van der Waals surface area contributed by atoms with E-state index < -0.39 is 0 Å². The van der Waals surface area contributed by atoms with E-state index in [0.29, 0.717) is 5.92 Å². The van der Waals surface area contributed by atoms with E-state index in [4.69, 9.17) is 9.84 Å². The molecule has 1 aliphatic carbocycles. The van der Waals surface area contributed by atoms with Gasteiger partial charge in [-0.1, -0.05) is 12.1 Å². The molecule has 2 N–H and O–H groups in total. The standard InChI is InChI=1S/C19H27NO3/c1-14(2)23-18-10-5-15(6-11-18)7-12-19(22)20-17-8-3-16(13-21)4-9-17/h5-7,10-12,14,16-17,21H,3-4,8-9,13H2,1-2H3,(H,20,22)/b12-7+. The van der Waals surface area contributed by atoms with Crippen molar-refractivity contribution in [3.8, 4) is 5.75 Å². The molecule has 126 valence electrons. The number of benzene rings is 1. The summed E-state index contributed by atoms with van der Waals surface area (Å²) < 4.78 is 5.59. The van der Waals surface area contributed by atoms with Gasteiger partial charge in [0, 0.05) is 18.7 Å². The molecule has 1 aliphatic rings. The Morgan fingerprint density at radius 2 is 1.91 bits per heavy atom. The van der Waals surface area contributed by atoms with Crippen molar-refractivity contribution in [3.05, 3.63) is 35.9 Å². The van der Waals surface area contributed by atoms with Crippen molar-refractivity contribution in [2.45, 2.75) is 51.7 Å². The van der Waals surface area contributed by atoms with E-state index in [1.807, 2.05) is 44.2 Å². The maximum atomic E-state index is 12.0. The van der Waals surface area contributed by atoms with Gasteiger partial charge in [0.05, 0.1) is 6.10 Å². The lowest BCUT2D eigenvalue weighted by Crippen LogP contribution is -2.37. The van der Waals surface area contributed by atoms with Crippen LogP contribution in [-0.2, 0) is 4.79 Å². The summed E-state index contributed by atoms with van der Waals surface area (Å²) in [5, 5.41) is 12.2. The number of hydrogen-bond acceptors (Lipinski definition) is 3. The first-order chi connectivity index (χ1) is 11.1. The molecule has 0 heterocycles. The Hall–Kier alpha value is -1.81. The summed E-state index contributed by atoms with van der Waals surface area (Å²) in [5.74, 6) is 1.19. The molecule has 1 aromatic rings. The van der Waals surface area contributed by atoms with Crippen LogP contribution < -0.4 is 10.1 Å². The van der Waals surface area contributed by atoms with Gasteiger partial charge in [0.2, 0.25) is 5.91 Å². The van der Waals surface area contributed by atoms with E-state index in [9.17, 15) is 4.79 Å². The van der Waals surface area contributed by atoms with E-state index >= 15 is 0 Å². The second kappa shape index (κ2) is 8.73. The molecule has 0 aliphatic heterocycles. The van der Waals surface area contributed by atoms with Crippen LogP contribution in [-0.4, -0.2) is 29.8 Å². The Kier molecular flexibility index (Phi) is 6.66. The molecule has 4 heteroatoms. The first kappa shape index (κ1) is 17.5. The summed E-state index contributed by atoms with van der Waals surface area (Å²) in [5.41, 5.74) is 0.972. The average molecular weight is 317 g/mol. The van der Waals surface area contributed by atoms with Gasteiger partial charge in [-0.2, -0.15) is 0 Å². The molecular formula is C19H27NO3. The molecule has 1 aromatic carbocycles. The number of aliphatic hydroxyl groups excluding tert-OH is 1. The molecule has 0 radical (unpaired) electrons. The lowest BCUT2D eigenvalue weighted by molar-refractivity contribution is -0.117. The fourth-order valence-electron chi connectivity index (χ4n) is 2.84. The number of amides is 1. The average Bonchev–Trinajstić information content (AvgIpc) is 2.54. The minimum Gasteiger partial charge on any atom is -0.491 e. The highest BCUT2D eigenvalue weighted by molar-refractivity contribution is 5.91. The summed E-state index contributed by atoms with van der Waals surface area (Å²) in [7, 11) is 0. The quantitative estimate of drug-likeness (QED) is 0.792. The number of hydrogen-bond donors (Lipinski definition) is 2. The molecule has 1 amide bonds. The minimum absolute atomic E-state index is 0.0556. The summed E-state index contributed by atoms with van der Waals surface area (Å²) >= 11 is 0. The zero-order valence-electron chi connectivity index (χ0n) is 14.0. The topological polar surface area (TPSA) is 58.6 Å². The molecule has 0 spiro atoms. The minimum atomic E-state index is -0.0556. The normalized spacial score (nSPS) is 21.6. The smallest absolute Gasteiger partial charge is 0.244 e. The number of carbonyl (C=O) groups is 1. The first-order valence-electron chi connectivity index (χ1n) is 8.43. The fraction of sp³-hybridized carbons (Fsp3) is 0.526. The van der Waals surface area contributed by atoms with Crippen LogP contribution in [0, 0.1) is 5.92 Å². The van der Waals surface area contributed by atoms with Crippen molar-refractivity contribution in [3.63, 3.8) is 0 Å². The zero-order valence-corrected chi connectivity index (χ0v) is 14.0. The number of ether oxygens (including phenoxy) is 1. The number of nitrogens with one attached hydrogen (secondary N) is 1. The third-order valence-electron chi connectivity index (χ3n) is 4.13. The second-order valence-corrected chi connectivity index (χ2v) is 6.48. The highest BCUT2D eigenvalue weighted by Crippen LogP contribution is 2.23. The molecular weight excluding hydrogens is 290 g/mol. The van der Waals surface area contributed by atoms with Crippen LogP contribution >= 0.6 is 0 Å². The predicted molar refractivity (Wildman–Crippen MR) is 92.2 cm³/mol. The van der Waals surface area contributed by atoms with Gasteiger partial charge in [0.15, 0.2) is 0 Å². The Morgan fingerprint density at radius 1 is 1.26 bits per heavy atom. The van der Waals surface area contributed by atoms with Crippen LogP contribution in [0.1, 0.15) is 45.1 Å². The van der Waals surface area contributed by atoms with Gasteiger partial charge < -0.3 is 15.2 Å². The monoisotopic (exact) mass is 317 g/mol. The molecule has 0 atom stereocenters. The number of rotatable bonds is 6. The molecule has 0 aromatic heterocycles. The van der Waals surface area contributed by atoms with Crippen LogP contribution in [0.5, 0.6) is 5.75 Å². The van der Waals surface area contributed by atoms with E-state index in [2.05, 4.69) is 5.32 Å². The number of carbonyl (C=O) groups excluding carboxylic acids is 1. The lowest BCUT2D eigenvalue weighted by atomic mass is 9.86. The molecule has 23 heavy (non-hydrogen) atoms. The number of aliphatic hydroxyl groups is 1. The molecule has 2 rings (SSSR count). The molecule has 1 fully saturated rings. The summed E-state index contributed by atoms with van der Waals surface area (Å²) in [6, 6.07) is 7.93.